The van der Waals surface area contributed by atoms with E-state index in [2.05, 4.69) is 32.4 Å². The second-order valence-electron chi connectivity index (χ2n) is 4.99. The number of hydrogen-bond donors (Lipinski definition) is 2. The fourth-order valence-electron chi connectivity index (χ4n) is 2.89. The highest BCUT2D eigenvalue weighted by atomic mass is 15.2. The van der Waals surface area contributed by atoms with E-state index in [4.69, 9.17) is 0 Å². The zero-order chi connectivity index (χ0) is 10.5. The molecule has 1 atom stereocenters. The van der Waals surface area contributed by atoms with Crippen LogP contribution in [0.1, 0.15) is 17.6 Å². The lowest BCUT2D eigenvalue weighted by atomic mass is 9.73. The number of aromatic amines is 1. The van der Waals surface area contributed by atoms with Crippen molar-refractivity contribution < 1.29 is 0 Å². The van der Waals surface area contributed by atoms with Gasteiger partial charge in [-0.05, 0) is 14.0 Å². The Morgan fingerprint density at radius 2 is 2.27 bits per heavy atom. The lowest BCUT2D eigenvalue weighted by Crippen LogP contribution is -2.57. The minimum Gasteiger partial charge on any atom is -0.315 e. The normalized spacial score (nSPS) is 29.6. The number of hydrogen-bond acceptors (Lipinski definition) is 4. The zero-order valence-corrected chi connectivity index (χ0v) is 9.25. The molecule has 15 heavy (non-hydrogen) atoms. The number of aromatic nitrogens is 3. The highest BCUT2D eigenvalue weighted by molar-refractivity contribution is 5.16. The zero-order valence-electron chi connectivity index (χ0n) is 9.25. The van der Waals surface area contributed by atoms with Crippen LogP contribution in [0.4, 0.5) is 0 Å². The van der Waals surface area contributed by atoms with Crippen LogP contribution in [0, 0.1) is 12.3 Å². The lowest BCUT2D eigenvalue weighted by molar-refractivity contribution is 0.154. The van der Waals surface area contributed by atoms with Gasteiger partial charge in [0.1, 0.15) is 5.82 Å². The molecule has 2 aliphatic rings. The van der Waals surface area contributed by atoms with Gasteiger partial charge in [0.15, 0.2) is 5.82 Å². The third-order valence-corrected chi connectivity index (χ3v) is 3.70. The summed E-state index contributed by atoms with van der Waals surface area (Å²) in [6, 6.07) is 0. The Morgan fingerprint density at radius 3 is 2.80 bits per heavy atom. The standard InChI is InChI=1S/C10H17N5/c1-7-12-9(14-13-7)8-3-15(2)6-10(8)4-11-5-10/h8,11H,3-6H2,1-2H3,(H,12,13,14). The summed E-state index contributed by atoms with van der Waals surface area (Å²) in [7, 11) is 2.18. The third kappa shape index (κ3) is 1.30. The van der Waals surface area contributed by atoms with Crippen LogP contribution < -0.4 is 5.32 Å². The van der Waals surface area contributed by atoms with Gasteiger partial charge in [-0.15, -0.1) is 0 Å². The number of rotatable bonds is 1. The monoisotopic (exact) mass is 207 g/mol. The number of nitrogens with zero attached hydrogens (tertiary/aromatic N) is 3. The molecular formula is C10H17N5. The predicted molar refractivity (Wildman–Crippen MR) is 56.7 cm³/mol. The minimum atomic E-state index is 0.392. The summed E-state index contributed by atoms with van der Waals surface area (Å²) in [5.41, 5.74) is 0.392. The van der Waals surface area contributed by atoms with Crippen LogP contribution in [-0.2, 0) is 0 Å². The second kappa shape index (κ2) is 3.02. The van der Waals surface area contributed by atoms with E-state index in [1.807, 2.05) is 6.92 Å². The highest BCUT2D eigenvalue weighted by Gasteiger charge is 2.51. The van der Waals surface area contributed by atoms with Crippen LogP contribution in [0.3, 0.4) is 0 Å². The fourth-order valence-corrected chi connectivity index (χ4v) is 2.89. The van der Waals surface area contributed by atoms with Crippen LogP contribution in [0.25, 0.3) is 0 Å². The van der Waals surface area contributed by atoms with Crippen molar-refractivity contribution in [2.24, 2.45) is 5.41 Å². The molecule has 82 valence electrons. The average Bonchev–Trinajstić information content (AvgIpc) is 2.67. The van der Waals surface area contributed by atoms with E-state index in [0.29, 0.717) is 11.3 Å². The Balaban J connectivity index is 1.91. The van der Waals surface area contributed by atoms with E-state index < -0.39 is 0 Å². The maximum atomic E-state index is 4.48. The highest BCUT2D eigenvalue weighted by Crippen LogP contribution is 2.43. The van der Waals surface area contributed by atoms with Crippen molar-refractivity contribution in [2.45, 2.75) is 12.8 Å². The van der Waals surface area contributed by atoms with Crippen LogP contribution >= 0.6 is 0 Å². The Labute approximate surface area is 89.3 Å². The first-order valence-electron chi connectivity index (χ1n) is 5.48. The van der Waals surface area contributed by atoms with Gasteiger partial charge in [-0.25, -0.2) is 4.98 Å². The summed E-state index contributed by atoms with van der Waals surface area (Å²) < 4.78 is 0. The predicted octanol–water partition coefficient (Wildman–Crippen LogP) is -0.268. The molecule has 0 amide bonds. The number of likely N-dealkylation sites (N-methyl/N-ethyl adjacent to an activating group) is 1. The van der Waals surface area contributed by atoms with Gasteiger partial charge in [0.2, 0.25) is 0 Å². The molecule has 1 spiro atoms. The third-order valence-electron chi connectivity index (χ3n) is 3.70. The molecule has 2 fully saturated rings. The first kappa shape index (κ1) is 9.30. The Kier molecular flexibility index (Phi) is 1.87. The molecule has 2 N–H and O–H groups in total. The number of nitrogens with one attached hydrogen (secondary N) is 2. The van der Waals surface area contributed by atoms with E-state index in [-0.39, 0.29) is 0 Å². The van der Waals surface area contributed by atoms with Crippen molar-refractivity contribution in [2.75, 3.05) is 33.2 Å². The molecule has 1 aromatic rings. The van der Waals surface area contributed by atoms with Crippen molar-refractivity contribution in [3.63, 3.8) is 0 Å². The first-order valence-corrected chi connectivity index (χ1v) is 5.48. The summed E-state index contributed by atoms with van der Waals surface area (Å²) >= 11 is 0. The summed E-state index contributed by atoms with van der Waals surface area (Å²) in [5, 5.41) is 10.6. The van der Waals surface area contributed by atoms with E-state index in [0.717, 1.165) is 37.8 Å². The van der Waals surface area contributed by atoms with Gasteiger partial charge in [0, 0.05) is 37.5 Å². The molecule has 1 unspecified atom stereocenters. The van der Waals surface area contributed by atoms with Crippen LogP contribution in [0.15, 0.2) is 0 Å². The van der Waals surface area contributed by atoms with Crippen molar-refractivity contribution in [3.8, 4) is 0 Å². The maximum absolute atomic E-state index is 4.48. The van der Waals surface area contributed by atoms with Crippen molar-refractivity contribution in [1.82, 2.24) is 25.4 Å². The smallest absolute Gasteiger partial charge is 0.155 e. The largest absolute Gasteiger partial charge is 0.315 e. The summed E-state index contributed by atoms with van der Waals surface area (Å²) in [4.78, 5) is 6.87. The van der Waals surface area contributed by atoms with E-state index in [1.165, 1.54) is 0 Å². The molecule has 1 aromatic heterocycles. The summed E-state index contributed by atoms with van der Waals surface area (Å²) in [5.74, 6) is 2.41. The maximum Gasteiger partial charge on any atom is 0.155 e. The molecule has 0 radical (unpaired) electrons. The molecule has 3 heterocycles. The van der Waals surface area contributed by atoms with Gasteiger partial charge in [0.25, 0.3) is 0 Å². The molecular weight excluding hydrogens is 190 g/mol. The number of likely N-dealkylation sites (tertiary alicyclic amines) is 1. The average molecular weight is 207 g/mol. The van der Waals surface area contributed by atoms with Crippen LogP contribution in [-0.4, -0.2) is 53.3 Å². The topological polar surface area (TPSA) is 56.8 Å². The molecule has 0 bridgehead atoms. The Bertz CT molecular complexity index is 368. The van der Waals surface area contributed by atoms with Crippen LogP contribution in [0.5, 0.6) is 0 Å². The molecule has 2 saturated heterocycles. The minimum absolute atomic E-state index is 0.392. The summed E-state index contributed by atoms with van der Waals surface area (Å²) in [6.45, 7) is 6.42. The molecule has 0 aliphatic carbocycles. The van der Waals surface area contributed by atoms with Crippen molar-refractivity contribution in [3.05, 3.63) is 11.6 Å². The molecule has 0 aromatic carbocycles. The van der Waals surface area contributed by atoms with Gasteiger partial charge in [0.05, 0.1) is 0 Å². The van der Waals surface area contributed by atoms with E-state index >= 15 is 0 Å². The molecule has 2 aliphatic heterocycles. The summed E-state index contributed by atoms with van der Waals surface area (Å²) in [6.07, 6.45) is 0. The van der Waals surface area contributed by atoms with E-state index in [9.17, 15) is 0 Å². The van der Waals surface area contributed by atoms with Gasteiger partial charge in [-0.2, -0.15) is 5.10 Å². The van der Waals surface area contributed by atoms with E-state index in [1.54, 1.807) is 0 Å². The quantitative estimate of drug-likeness (QED) is 0.665. The van der Waals surface area contributed by atoms with Crippen LogP contribution in [0.2, 0.25) is 0 Å². The van der Waals surface area contributed by atoms with Gasteiger partial charge in [-0.1, -0.05) is 0 Å². The SMILES string of the molecule is Cc1nc(C2CN(C)CC23CNC3)n[nH]1. The van der Waals surface area contributed by atoms with Crippen molar-refractivity contribution in [1.29, 1.82) is 0 Å². The first-order chi connectivity index (χ1) is 7.20. The second-order valence-corrected chi connectivity index (χ2v) is 4.99. The molecule has 5 nitrogen and oxygen atoms in total. The lowest BCUT2D eigenvalue weighted by Gasteiger charge is -2.42. The number of aryl methyl sites for hydroxylation is 1. The molecule has 3 rings (SSSR count). The Morgan fingerprint density at radius 1 is 1.47 bits per heavy atom. The van der Waals surface area contributed by atoms with Gasteiger partial charge >= 0.3 is 0 Å². The fraction of sp³-hybridized carbons (Fsp3) is 0.800. The van der Waals surface area contributed by atoms with Gasteiger partial charge in [-0.3, -0.25) is 5.10 Å². The number of H-pyrrole nitrogens is 1. The van der Waals surface area contributed by atoms with Crippen molar-refractivity contribution >= 4 is 0 Å². The van der Waals surface area contributed by atoms with Gasteiger partial charge < -0.3 is 10.2 Å². The Hall–Kier alpha value is -0.940. The molecule has 5 heteroatoms. The molecule has 0 saturated carbocycles.